The lowest BCUT2D eigenvalue weighted by molar-refractivity contribution is -0.122. The number of ether oxygens (including phenoxy) is 1. The summed E-state index contributed by atoms with van der Waals surface area (Å²) in [5.41, 5.74) is -0.831. The minimum absolute atomic E-state index is 0.116. The van der Waals surface area contributed by atoms with Crippen molar-refractivity contribution in [2.24, 2.45) is 12.5 Å². The highest BCUT2D eigenvalue weighted by molar-refractivity contribution is 6.31. The Bertz CT molecular complexity index is 1660. The number of amides is 2. The van der Waals surface area contributed by atoms with E-state index in [0.29, 0.717) is 28.5 Å². The number of esters is 1. The summed E-state index contributed by atoms with van der Waals surface area (Å²) >= 11 is 12.6. The van der Waals surface area contributed by atoms with E-state index in [-0.39, 0.29) is 27.6 Å². The highest BCUT2D eigenvalue weighted by atomic mass is 35.5. The van der Waals surface area contributed by atoms with Crippen LogP contribution >= 0.6 is 23.2 Å². The molecule has 1 aromatic heterocycles. The maximum absolute atomic E-state index is 16.0. The topological polar surface area (TPSA) is 101 Å². The molecule has 11 heteroatoms. The lowest BCUT2D eigenvalue weighted by atomic mass is 9.62. The summed E-state index contributed by atoms with van der Waals surface area (Å²) in [6.45, 7) is 11.4. The van der Waals surface area contributed by atoms with Gasteiger partial charge in [-0.3, -0.25) is 9.59 Å². The largest absolute Gasteiger partial charge is 0.455 e. The van der Waals surface area contributed by atoms with E-state index in [0.717, 1.165) is 0 Å². The van der Waals surface area contributed by atoms with E-state index in [1.807, 2.05) is 20.8 Å². The van der Waals surface area contributed by atoms with Crippen LogP contribution in [0.4, 0.5) is 15.9 Å². The third-order valence-corrected chi connectivity index (χ3v) is 8.73. The zero-order valence-electron chi connectivity index (χ0n) is 25.8. The number of hydrogen-bond acceptors (Lipinski definition) is 5. The smallest absolute Gasteiger partial charge is 0.355 e. The Labute approximate surface area is 266 Å². The Kier molecular flexibility index (Phi) is 8.14. The van der Waals surface area contributed by atoms with Gasteiger partial charge in [0, 0.05) is 29.7 Å². The molecule has 1 spiro atoms. The normalized spacial score (nSPS) is 23.0. The predicted molar refractivity (Wildman–Crippen MR) is 170 cm³/mol. The molecule has 2 aromatic carbocycles. The minimum Gasteiger partial charge on any atom is -0.455 e. The van der Waals surface area contributed by atoms with Crippen molar-refractivity contribution in [3.63, 3.8) is 0 Å². The third kappa shape index (κ3) is 5.61. The van der Waals surface area contributed by atoms with Gasteiger partial charge < -0.3 is 25.3 Å². The van der Waals surface area contributed by atoms with E-state index in [1.165, 1.54) is 10.6 Å². The molecule has 0 aliphatic carbocycles. The first-order valence-electron chi connectivity index (χ1n) is 14.5. The SMILES string of the molecule is Cn1c(NC(=O)[C@@H]2N[C@@H](CC(C)(C)C)C3(C(=O)Nc4cc(Cl)ccc43)[C@H]2c2cccc(Cl)c2F)ccc1C(=O)OC(C)(C)C. The highest BCUT2D eigenvalue weighted by Crippen LogP contribution is 2.57. The zero-order valence-corrected chi connectivity index (χ0v) is 27.3. The molecule has 1 saturated heterocycles. The summed E-state index contributed by atoms with van der Waals surface area (Å²) in [5, 5.41) is 9.64. The molecule has 1 fully saturated rings. The molecule has 3 aromatic rings. The van der Waals surface area contributed by atoms with Crippen LogP contribution < -0.4 is 16.0 Å². The molecule has 1 unspecified atom stereocenters. The van der Waals surface area contributed by atoms with Crippen LogP contribution in [-0.4, -0.2) is 40.0 Å². The van der Waals surface area contributed by atoms with Gasteiger partial charge in [-0.1, -0.05) is 62.2 Å². The predicted octanol–water partition coefficient (Wildman–Crippen LogP) is 6.82. The molecule has 0 bridgehead atoms. The molecule has 44 heavy (non-hydrogen) atoms. The van der Waals surface area contributed by atoms with Crippen molar-refractivity contribution < 1.29 is 23.5 Å². The monoisotopic (exact) mass is 642 g/mol. The van der Waals surface area contributed by atoms with Gasteiger partial charge in [-0.05, 0) is 74.1 Å². The van der Waals surface area contributed by atoms with Crippen LogP contribution in [0.3, 0.4) is 0 Å². The van der Waals surface area contributed by atoms with E-state index in [9.17, 15) is 14.4 Å². The fourth-order valence-electron chi connectivity index (χ4n) is 6.53. The average molecular weight is 644 g/mol. The molecule has 234 valence electrons. The van der Waals surface area contributed by atoms with Crippen molar-refractivity contribution in [3.8, 4) is 0 Å². The van der Waals surface area contributed by atoms with Gasteiger partial charge >= 0.3 is 5.97 Å². The Morgan fingerprint density at radius 2 is 1.77 bits per heavy atom. The van der Waals surface area contributed by atoms with Gasteiger partial charge in [-0.25, -0.2) is 9.18 Å². The molecular formula is C33H37Cl2FN4O4. The van der Waals surface area contributed by atoms with E-state index in [4.69, 9.17) is 27.9 Å². The van der Waals surface area contributed by atoms with Crippen LogP contribution in [0, 0.1) is 11.2 Å². The first-order valence-corrected chi connectivity index (χ1v) is 15.2. The summed E-state index contributed by atoms with van der Waals surface area (Å²) in [7, 11) is 1.64. The maximum Gasteiger partial charge on any atom is 0.355 e. The molecule has 5 rings (SSSR count). The molecule has 0 radical (unpaired) electrons. The summed E-state index contributed by atoms with van der Waals surface area (Å²) in [5.74, 6) is -2.77. The van der Waals surface area contributed by atoms with Crippen molar-refractivity contribution in [2.45, 2.75) is 77.0 Å². The lowest BCUT2D eigenvalue weighted by Crippen LogP contribution is -2.49. The zero-order chi connectivity index (χ0) is 32.4. The van der Waals surface area contributed by atoms with Crippen molar-refractivity contribution in [2.75, 3.05) is 10.6 Å². The molecule has 2 amide bonds. The van der Waals surface area contributed by atoms with Crippen LogP contribution in [0.5, 0.6) is 0 Å². The molecule has 4 atom stereocenters. The van der Waals surface area contributed by atoms with Gasteiger partial charge in [0.2, 0.25) is 11.8 Å². The Balaban J connectivity index is 1.64. The molecule has 3 N–H and O–H groups in total. The summed E-state index contributed by atoms with van der Waals surface area (Å²) in [4.78, 5) is 41.3. The second kappa shape index (κ2) is 11.2. The summed E-state index contributed by atoms with van der Waals surface area (Å²) in [6, 6.07) is 11.3. The fraction of sp³-hybridized carbons (Fsp3) is 0.424. The Morgan fingerprint density at radius 3 is 2.43 bits per heavy atom. The number of anilines is 2. The van der Waals surface area contributed by atoms with E-state index in [1.54, 1.807) is 70.3 Å². The number of carbonyl (C=O) groups is 3. The second-order valence-electron chi connectivity index (χ2n) is 13.7. The Hall–Kier alpha value is -3.40. The number of rotatable bonds is 5. The standard InChI is InChI=1S/C33H37Cl2FN4O4/c1-31(2,3)16-23-33(19-12-11-17(34)15-21(19)37-30(33)43)25(18-9-8-10-20(35)26(18)36)27(38-23)28(41)39-24-14-13-22(40(24)7)29(42)44-32(4,5)6/h8-15,23,25,27,38H,16H2,1-7H3,(H,37,43)(H,39,41)/t23-,25-,27+,33?/m0/s1. The van der Waals surface area contributed by atoms with Gasteiger partial charge in [-0.15, -0.1) is 0 Å². The number of nitrogens with zero attached hydrogens (tertiary/aromatic N) is 1. The number of benzene rings is 2. The van der Waals surface area contributed by atoms with Crippen molar-refractivity contribution in [1.82, 2.24) is 9.88 Å². The van der Waals surface area contributed by atoms with Crippen LogP contribution in [0.25, 0.3) is 0 Å². The van der Waals surface area contributed by atoms with E-state index in [2.05, 4.69) is 16.0 Å². The van der Waals surface area contributed by atoms with Crippen LogP contribution in [0.15, 0.2) is 48.5 Å². The molecular weight excluding hydrogens is 606 g/mol. The average Bonchev–Trinajstić information content (AvgIpc) is 3.51. The summed E-state index contributed by atoms with van der Waals surface area (Å²) in [6.07, 6.45) is 0.484. The fourth-order valence-corrected chi connectivity index (χ4v) is 6.88. The van der Waals surface area contributed by atoms with Crippen molar-refractivity contribution in [1.29, 1.82) is 0 Å². The van der Waals surface area contributed by atoms with Gasteiger partial charge in [0.1, 0.15) is 28.3 Å². The molecule has 2 aliphatic rings. The number of hydrogen-bond donors (Lipinski definition) is 3. The highest BCUT2D eigenvalue weighted by Gasteiger charge is 2.66. The van der Waals surface area contributed by atoms with Gasteiger partial charge in [0.25, 0.3) is 0 Å². The van der Waals surface area contributed by atoms with Crippen LogP contribution in [0.1, 0.15) is 75.5 Å². The number of fused-ring (bicyclic) bond motifs is 2. The maximum atomic E-state index is 16.0. The lowest BCUT2D eigenvalue weighted by Gasteiger charge is -2.37. The first kappa shape index (κ1) is 32.0. The molecule has 8 nitrogen and oxygen atoms in total. The quantitative estimate of drug-likeness (QED) is 0.265. The van der Waals surface area contributed by atoms with Gasteiger partial charge in [-0.2, -0.15) is 0 Å². The minimum atomic E-state index is -1.38. The van der Waals surface area contributed by atoms with Crippen molar-refractivity contribution in [3.05, 3.63) is 81.2 Å². The van der Waals surface area contributed by atoms with Gasteiger partial charge in [0.05, 0.1) is 11.1 Å². The van der Waals surface area contributed by atoms with E-state index < -0.39 is 46.7 Å². The second-order valence-corrected chi connectivity index (χ2v) is 14.6. The Morgan fingerprint density at radius 1 is 1.07 bits per heavy atom. The summed E-state index contributed by atoms with van der Waals surface area (Å²) < 4.78 is 23.0. The number of carbonyl (C=O) groups excluding carboxylic acids is 3. The first-order chi connectivity index (χ1) is 20.4. The molecule has 0 saturated carbocycles. The van der Waals surface area contributed by atoms with Crippen LogP contribution in [-0.2, 0) is 26.8 Å². The van der Waals surface area contributed by atoms with Crippen molar-refractivity contribution >= 4 is 52.5 Å². The number of nitrogens with one attached hydrogen (secondary N) is 3. The number of halogens is 3. The van der Waals surface area contributed by atoms with Crippen LogP contribution in [0.2, 0.25) is 10.0 Å². The molecule has 3 heterocycles. The van der Waals surface area contributed by atoms with Gasteiger partial charge in [0.15, 0.2) is 0 Å². The molecule has 2 aliphatic heterocycles. The third-order valence-electron chi connectivity index (χ3n) is 8.20. The van der Waals surface area contributed by atoms with E-state index >= 15 is 4.39 Å². The number of aromatic nitrogens is 1.